The maximum absolute atomic E-state index is 12.7. The molecule has 0 spiro atoms. The van der Waals surface area contributed by atoms with Crippen LogP contribution in [0.25, 0.3) is 11.3 Å². The van der Waals surface area contributed by atoms with Crippen molar-refractivity contribution in [3.05, 3.63) is 83.2 Å². The third-order valence-corrected chi connectivity index (χ3v) is 4.97. The zero-order chi connectivity index (χ0) is 19.3. The first-order valence-corrected chi connectivity index (χ1v) is 9.42. The Morgan fingerprint density at radius 3 is 2.14 bits per heavy atom. The van der Waals surface area contributed by atoms with Crippen LogP contribution in [0.15, 0.2) is 77.6 Å². The van der Waals surface area contributed by atoms with E-state index < -0.39 is 0 Å². The Kier molecular flexibility index (Phi) is 5.19. The van der Waals surface area contributed by atoms with E-state index in [2.05, 4.69) is 22.1 Å². The largest absolute Gasteiger partial charge is 0.368 e. The van der Waals surface area contributed by atoms with E-state index in [1.54, 1.807) is 6.07 Å². The zero-order valence-electron chi connectivity index (χ0n) is 15.6. The van der Waals surface area contributed by atoms with Crippen LogP contribution < -0.4 is 10.5 Å². The lowest BCUT2D eigenvalue weighted by molar-refractivity contribution is -0.132. The molecule has 2 aromatic carbocycles. The van der Waals surface area contributed by atoms with Crippen LogP contribution in [0, 0.1) is 0 Å². The van der Waals surface area contributed by atoms with Gasteiger partial charge in [-0.15, -0.1) is 0 Å². The normalized spacial score (nSPS) is 14.1. The number of carbonyl (C=O) groups excluding carboxylic acids is 1. The highest BCUT2D eigenvalue weighted by Gasteiger charge is 2.22. The highest BCUT2D eigenvalue weighted by atomic mass is 16.2. The van der Waals surface area contributed by atoms with E-state index in [1.165, 1.54) is 16.4 Å². The molecule has 0 aliphatic carbocycles. The lowest BCUT2D eigenvalue weighted by atomic mass is 10.1. The molecule has 0 N–H and O–H groups in total. The van der Waals surface area contributed by atoms with Gasteiger partial charge in [-0.1, -0.05) is 48.5 Å². The fraction of sp³-hybridized carbons (Fsp3) is 0.227. The topological polar surface area (TPSA) is 58.4 Å². The van der Waals surface area contributed by atoms with Crippen LogP contribution in [0.4, 0.5) is 5.69 Å². The Balaban J connectivity index is 1.42. The SMILES string of the molecule is O=C(Cn1nc(-c2ccccc2)ccc1=O)N1CCN(c2ccccc2)CC1. The van der Waals surface area contributed by atoms with Crippen molar-refractivity contribution in [3.8, 4) is 11.3 Å². The molecule has 4 rings (SSSR count). The van der Waals surface area contributed by atoms with E-state index >= 15 is 0 Å². The van der Waals surface area contributed by atoms with Crippen molar-refractivity contribution in [2.24, 2.45) is 0 Å². The lowest BCUT2D eigenvalue weighted by Gasteiger charge is -2.36. The van der Waals surface area contributed by atoms with Gasteiger partial charge in [-0.3, -0.25) is 9.59 Å². The van der Waals surface area contributed by atoms with Gasteiger partial charge in [0.05, 0.1) is 5.69 Å². The number of benzene rings is 2. The van der Waals surface area contributed by atoms with Gasteiger partial charge in [0.1, 0.15) is 6.54 Å². The van der Waals surface area contributed by atoms with Crippen LogP contribution in [-0.4, -0.2) is 46.8 Å². The molecule has 3 aromatic rings. The van der Waals surface area contributed by atoms with E-state index in [4.69, 9.17) is 0 Å². The smallest absolute Gasteiger partial charge is 0.267 e. The second kappa shape index (κ2) is 8.08. The molecule has 0 atom stereocenters. The maximum Gasteiger partial charge on any atom is 0.267 e. The number of rotatable bonds is 4. The predicted molar refractivity (Wildman–Crippen MR) is 109 cm³/mol. The number of nitrogens with zero attached hydrogens (tertiary/aromatic N) is 4. The van der Waals surface area contributed by atoms with Gasteiger partial charge < -0.3 is 9.80 Å². The van der Waals surface area contributed by atoms with Gasteiger partial charge in [-0.05, 0) is 18.2 Å². The minimum Gasteiger partial charge on any atom is -0.368 e. The Bertz CT molecular complexity index is 994. The molecule has 28 heavy (non-hydrogen) atoms. The minimum absolute atomic E-state index is 0.0369. The monoisotopic (exact) mass is 374 g/mol. The number of anilines is 1. The summed E-state index contributed by atoms with van der Waals surface area (Å²) in [5, 5.41) is 4.39. The Morgan fingerprint density at radius 2 is 1.46 bits per heavy atom. The number of aromatic nitrogens is 2. The summed E-state index contributed by atoms with van der Waals surface area (Å²) >= 11 is 0. The lowest BCUT2D eigenvalue weighted by Crippen LogP contribution is -2.50. The van der Waals surface area contributed by atoms with Crippen molar-refractivity contribution in [1.29, 1.82) is 0 Å². The molecule has 0 radical (unpaired) electrons. The summed E-state index contributed by atoms with van der Waals surface area (Å²) in [5.74, 6) is -0.0764. The summed E-state index contributed by atoms with van der Waals surface area (Å²) in [6.45, 7) is 2.80. The van der Waals surface area contributed by atoms with Gasteiger partial charge in [0.15, 0.2) is 0 Å². The molecule has 1 fully saturated rings. The van der Waals surface area contributed by atoms with Crippen molar-refractivity contribution in [1.82, 2.24) is 14.7 Å². The average Bonchev–Trinajstić information content (AvgIpc) is 2.76. The van der Waals surface area contributed by atoms with E-state index in [0.29, 0.717) is 18.8 Å². The molecule has 0 unspecified atom stereocenters. The highest BCUT2D eigenvalue weighted by Crippen LogP contribution is 2.16. The number of hydrogen-bond donors (Lipinski definition) is 0. The van der Waals surface area contributed by atoms with Gasteiger partial charge in [0, 0.05) is 43.5 Å². The molecule has 1 aromatic heterocycles. The molecule has 2 heterocycles. The van der Waals surface area contributed by atoms with Gasteiger partial charge in [0.25, 0.3) is 5.56 Å². The zero-order valence-corrected chi connectivity index (χ0v) is 15.6. The van der Waals surface area contributed by atoms with E-state index in [0.717, 1.165) is 18.7 Å². The van der Waals surface area contributed by atoms with Gasteiger partial charge >= 0.3 is 0 Å². The quantitative estimate of drug-likeness (QED) is 0.703. The summed E-state index contributed by atoms with van der Waals surface area (Å²) in [6, 6.07) is 23.0. The number of hydrogen-bond acceptors (Lipinski definition) is 4. The second-order valence-corrected chi connectivity index (χ2v) is 6.78. The van der Waals surface area contributed by atoms with Crippen LogP contribution >= 0.6 is 0 Å². The van der Waals surface area contributed by atoms with Gasteiger partial charge in [0.2, 0.25) is 5.91 Å². The minimum atomic E-state index is -0.268. The van der Waals surface area contributed by atoms with Gasteiger partial charge in [-0.2, -0.15) is 5.10 Å². The highest BCUT2D eigenvalue weighted by molar-refractivity contribution is 5.76. The molecule has 0 bridgehead atoms. The molecule has 1 aliphatic heterocycles. The number of carbonyl (C=O) groups is 1. The van der Waals surface area contributed by atoms with Gasteiger partial charge in [-0.25, -0.2) is 4.68 Å². The molecule has 1 amide bonds. The predicted octanol–water partition coefficient (Wildman–Crippen LogP) is 2.26. The average molecular weight is 374 g/mol. The summed E-state index contributed by atoms with van der Waals surface area (Å²) < 4.78 is 1.26. The van der Waals surface area contributed by atoms with Crippen molar-refractivity contribution >= 4 is 11.6 Å². The summed E-state index contributed by atoms with van der Waals surface area (Å²) in [6.07, 6.45) is 0. The third kappa shape index (κ3) is 3.96. The van der Waals surface area contributed by atoms with E-state index in [-0.39, 0.29) is 18.0 Å². The van der Waals surface area contributed by atoms with E-state index in [1.807, 2.05) is 53.4 Å². The fourth-order valence-electron chi connectivity index (χ4n) is 3.41. The standard InChI is InChI=1S/C22H22N4O2/c27-21-12-11-20(18-7-3-1-4-8-18)23-26(21)17-22(28)25-15-13-24(14-16-25)19-9-5-2-6-10-19/h1-12H,13-17H2. The molecule has 1 saturated heterocycles. The number of para-hydroxylation sites is 1. The van der Waals surface area contributed by atoms with Crippen molar-refractivity contribution in [2.45, 2.75) is 6.54 Å². The third-order valence-electron chi connectivity index (χ3n) is 4.97. The van der Waals surface area contributed by atoms with Crippen molar-refractivity contribution in [3.63, 3.8) is 0 Å². The summed E-state index contributed by atoms with van der Waals surface area (Å²) in [5.41, 5.74) is 2.50. The van der Waals surface area contributed by atoms with Crippen LogP contribution in [-0.2, 0) is 11.3 Å². The first-order valence-electron chi connectivity index (χ1n) is 9.42. The van der Waals surface area contributed by atoms with E-state index in [9.17, 15) is 9.59 Å². The fourth-order valence-corrected chi connectivity index (χ4v) is 3.41. The Hall–Kier alpha value is -3.41. The molecule has 142 valence electrons. The second-order valence-electron chi connectivity index (χ2n) is 6.78. The molecular weight excluding hydrogens is 352 g/mol. The van der Waals surface area contributed by atoms with Crippen LogP contribution in [0.2, 0.25) is 0 Å². The summed E-state index contributed by atoms with van der Waals surface area (Å²) in [4.78, 5) is 29.0. The maximum atomic E-state index is 12.7. The number of amides is 1. The molecule has 6 heteroatoms. The summed E-state index contributed by atoms with van der Waals surface area (Å²) in [7, 11) is 0. The molecule has 6 nitrogen and oxygen atoms in total. The van der Waals surface area contributed by atoms with Crippen LogP contribution in [0.3, 0.4) is 0 Å². The Labute approximate surface area is 163 Å². The molecular formula is C22H22N4O2. The molecule has 1 aliphatic rings. The van der Waals surface area contributed by atoms with Crippen LogP contribution in [0.5, 0.6) is 0 Å². The first-order chi connectivity index (χ1) is 13.7. The number of piperazine rings is 1. The van der Waals surface area contributed by atoms with Crippen LogP contribution in [0.1, 0.15) is 0 Å². The van der Waals surface area contributed by atoms with Crippen molar-refractivity contribution < 1.29 is 4.79 Å². The molecule has 0 saturated carbocycles. The Morgan fingerprint density at radius 1 is 0.821 bits per heavy atom. The first kappa shape index (κ1) is 18.0. The van der Waals surface area contributed by atoms with Crippen molar-refractivity contribution in [2.75, 3.05) is 31.1 Å².